The number of benzene rings is 1. The summed E-state index contributed by atoms with van der Waals surface area (Å²) in [4.78, 5) is 10.1. The van der Waals surface area contributed by atoms with E-state index in [0.29, 0.717) is 3.57 Å². The molecule has 13 heavy (non-hydrogen) atoms. The normalized spacial score (nSPS) is 9.31. The lowest BCUT2D eigenvalue weighted by Crippen LogP contribution is -1.95. The number of nitro groups is 1. The zero-order chi connectivity index (χ0) is 10.0. The highest BCUT2D eigenvalue weighted by molar-refractivity contribution is 14.1. The van der Waals surface area contributed by atoms with Crippen molar-refractivity contribution in [2.75, 3.05) is 0 Å². The van der Waals surface area contributed by atoms with Gasteiger partial charge in [-0.1, -0.05) is 0 Å². The molecule has 0 amide bonds. The molecule has 0 aromatic heterocycles. The molecule has 1 aromatic carbocycles. The van der Waals surface area contributed by atoms with Crippen LogP contribution < -0.4 is 0 Å². The van der Waals surface area contributed by atoms with Crippen LogP contribution in [-0.2, 0) is 0 Å². The Morgan fingerprint density at radius 3 is 2.69 bits per heavy atom. The van der Waals surface area contributed by atoms with E-state index in [4.69, 9.17) is 5.26 Å². The van der Waals surface area contributed by atoms with Gasteiger partial charge in [-0.05, 0) is 34.7 Å². The van der Waals surface area contributed by atoms with Crippen LogP contribution in [0.3, 0.4) is 0 Å². The van der Waals surface area contributed by atoms with Crippen molar-refractivity contribution in [1.82, 2.24) is 0 Å². The van der Waals surface area contributed by atoms with Gasteiger partial charge in [0, 0.05) is 0 Å². The van der Waals surface area contributed by atoms with E-state index in [-0.39, 0.29) is 16.1 Å². The number of rotatable bonds is 1. The molecule has 0 aliphatic carbocycles. The van der Waals surface area contributed by atoms with Gasteiger partial charge in [-0.15, -0.1) is 12.6 Å². The van der Waals surface area contributed by atoms with Gasteiger partial charge in [0.2, 0.25) is 0 Å². The fourth-order valence-corrected chi connectivity index (χ4v) is 2.01. The van der Waals surface area contributed by atoms with E-state index in [1.165, 1.54) is 12.1 Å². The third-order valence-electron chi connectivity index (χ3n) is 1.40. The Bertz CT molecular complexity index is 414. The van der Waals surface area contributed by atoms with Gasteiger partial charge in [0.15, 0.2) is 0 Å². The molecule has 0 bridgehead atoms. The van der Waals surface area contributed by atoms with Gasteiger partial charge in [-0.25, -0.2) is 0 Å². The first-order valence-corrected chi connectivity index (χ1v) is 4.66. The van der Waals surface area contributed by atoms with Gasteiger partial charge in [0.05, 0.1) is 14.1 Å². The second-order valence-corrected chi connectivity index (χ2v) is 3.77. The van der Waals surface area contributed by atoms with E-state index >= 15 is 0 Å². The van der Waals surface area contributed by atoms with Gasteiger partial charge >= 0.3 is 0 Å². The molecular weight excluding hydrogens is 303 g/mol. The largest absolute Gasteiger partial charge is 0.297 e. The summed E-state index contributed by atoms with van der Waals surface area (Å²) in [6.07, 6.45) is 0. The molecule has 4 nitrogen and oxygen atoms in total. The second-order valence-electron chi connectivity index (χ2n) is 2.16. The average molecular weight is 306 g/mol. The number of nitro benzene ring substituents is 1. The van der Waals surface area contributed by atoms with Crippen LogP contribution in [0.5, 0.6) is 0 Å². The summed E-state index contributed by atoms with van der Waals surface area (Å²) in [6.45, 7) is 0. The number of nitriles is 1. The van der Waals surface area contributed by atoms with Crippen molar-refractivity contribution in [3.63, 3.8) is 0 Å². The van der Waals surface area contributed by atoms with Crippen LogP contribution in [0.25, 0.3) is 0 Å². The number of hydrogen-bond donors (Lipinski definition) is 1. The number of thiol groups is 1. The summed E-state index contributed by atoms with van der Waals surface area (Å²) in [7, 11) is 0. The Labute approximate surface area is 93.3 Å². The van der Waals surface area contributed by atoms with Crippen molar-refractivity contribution in [3.05, 3.63) is 31.4 Å². The zero-order valence-corrected chi connectivity index (χ0v) is 9.24. The van der Waals surface area contributed by atoms with E-state index in [1.807, 2.05) is 28.7 Å². The molecule has 0 unspecified atom stereocenters. The predicted octanol–water partition coefficient (Wildman–Crippen LogP) is 2.36. The lowest BCUT2D eigenvalue weighted by Gasteiger charge is -1.99. The summed E-state index contributed by atoms with van der Waals surface area (Å²) < 4.78 is 0.478. The third kappa shape index (κ3) is 1.92. The molecule has 0 spiro atoms. The Balaban J connectivity index is 3.50. The minimum atomic E-state index is -0.537. The van der Waals surface area contributed by atoms with Crippen LogP contribution in [0.1, 0.15) is 5.56 Å². The molecule has 0 radical (unpaired) electrons. The highest BCUT2D eigenvalue weighted by Gasteiger charge is 2.18. The van der Waals surface area contributed by atoms with Crippen LogP contribution in [0.15, 0.2) is 17.0 Å². The molecule has 1 rings (SSSR count). The van der Waals surface area contributed by atoms with Crippen molar-refractivity contribution in [2.24, 2.45) is 0 Å². The molecular formula is C7H3IN2O2S. The molecule has 6 heteroatoms. The highest BCUT2D eigenvalue weighted by atomic mass is 127. The van der Waals surface area contributed by atoms with E-state index in [0.717, 1.165) is 0 Å². The topological polar surface area (TPSA) is 66.9 Å². The van der Waals surface area contributed by atoms with Crippen molar-refractivity contribution in [3.8, 4) is 6.07 Å². The molecule has 0 saturated heterocycles. The fraction of sp³-hybridized carbons (Fsp3) is 0. The van der Waals surface area contributed by atoms with E-state index in [1.54, 1.807) is 0 Å². The first-order chi connectivity index (χ1) is 6.07. The predicted molar refractivity (Wildman–Crippen MR) is 57.8 cm³/mol. The Morgan fingerprint density at radius 2 is 2.23 bits per heavy atom. The van der Waals surface area contributed by atoms with Gasteiger partial charge in [0.25, 0.3) is 5.69 Å². The Kier molecular flexibility index (Phi) is 3.11. The summed E-state index contributed by atoms with van der Waals surface area (Å²) >= 11 is 5.77. The van der Waals surface area contributed by atoms with Gasteiger partial charge in [-0.3, -0.25) is 10.1 Å². The number of hydrogen-bond acceptors (Lipinski definition) is 4. The molecule has 0 saturated carbocycles. The smallest absolute Gasteiger partial charge is 0.258 e. The second kappa shape index (κ2) is 3.93. The number of halogens is 1. The van der Waals surface area contributed by atoms with E-state index in [9.17, 15) is 10.1 Å². The third-order valence-corrected chi connectivity index (χ3v) is 2.73. The van der Waals surface area contributed by atoms with Crippen LogP contribution in [0.2, 0.25) is 0 Å². The minimum absolute atomic E-state index is 0.108. The summed E-state index contributed by atoms with van der Waals surface area (Å²) in [5, 5.41) is 19.1. The van der Waals surface area contributed by atoms with Gasteiger partial charge in [0.1, 0.15) is 11.0 Å². The maximum atomic E-state index is 10.6. The first-order valence-electron chi connectivity index (χ1n) is 3.14. The highest BCUT2D eigenvalue weighted by Crippen LogP contribution is 2.30. The van der Waals surface area contributed by atoms with Crippen molar-refractivity contribution >= 4 is 40.9 Å². The summed E-state index contributed by atoms with van der Waals surface area (Å²) in [5.74, 6) is 0. The van der Waals surface area contributed by atoms with Crippen LogP contribution >= 0.6 is 35.2 Å². The Hall–Kier alpha value is -0.810. The van der Waals surface area contributed by atoms with Crippen molar-refractivity contribution < 1.29 is 4.92 Å². The molecule has 0 aliphatic rings. The minimum Gasteiger partial charge on any atom is -0.258 e. The van der Waals surface area contributed by atoms with Crippen molar-refractivity contribution in [1.29, 1.82) is 5.26 Å². The molecule has 66 valence electrons. The average Bonchev–Trinajstić information content (AvgIpc) is 2.04. The first kappa shape index (κ1) is 10.3. The molecule has 0 N–H and O–H groups in total. The molecule has 0 fully saturated rings. The molecule has 0 aliphatic heterocycles. The SMILES string of the molecule is N#Cc1ccc(I)c([N+](=O)[O-])c1S. The fourth-order valence-electron chi connectivity index (χ4n) is 0.819. The van der Waals surface area contributed by atoms with Gasteiger partial charge in [-0.2, -0.15) is 5.26 Å². The van der Waals surface area contributed by atoms with Crippen LogP contribution in [0, 0.1) is 25.0 Å². The molecule has 1 aromatic rings. The summed E-state index contributed by atoms with van der Waals surface area (Å²) in [5.41, 5.74) is 0.110. The van der Waals surface area contributed by atoms with Crippen molar-refractivity contribution in [2.45, 2.75) is 4.90 Å². The monoisotopic (exact) mass is 306 g/mol. The van der Waals surface area contributed by atoms with Gasteiger partial charge < -0.3 is 0 Å². The number of nitrogens with zero attached hydrogens (tertiary/aromatic N) is 2. The maximum Gasteiger partial charge on any atom is 0.297 e. The Morgan fingerprint density at radius 1 is 1.62 bits per heavy atom. The van der Waals surface area contributed by atoms with Crippen LogP contribution in [-0.4, -0.2) is 4.92 Å². The van der Waals surface area contributed by atoms with Crippen LogP contribution in [0.4, 0.5) is 5.69 Å². The zero-order valence-electron chi connectivity index (χ0n) is 6.19. The molecule has 0 atom stereocenters. The lowest BCUT2D eigenvalue weighted by molar-refractivity contribution is -0.388. The van der Waals surface area contributed by atoms with E-state index < -0.39 is 4.92 Å². The standard InChI is InChI=1S/C7H3IN2O2S/c8-5-2-1-4(3-9)7(13)6(5)10(11)12/h1-2,13H. The lowest BCUT2D eigenvalue weighted by atomic mass is 10.2. The molecule has 0 heterocycles. The summed E-state index contributed by atoms with van der Waals surface area (Å²) in [6, 6.07) is 4.87. The maximum absolute atomic E-state index is 10.6. The van der Waals surface area contributed by atoms with E-state index in [2.05, 4.69) is 12.6 Å². The quantitative estimate of drug-likeness (QED) is 0.375.